The molecule has 1 aliphatic rings. The van der Waals surface area contributed by atoms with Gasteiger partial charge < -0.3 is 15.5 Å². The van der Waals surface area contributed by atoms with E-state index in [1.165, 1.54) is 19.3 Å². The Morgan fingerprint density at radius 1 is 1.33 bits per heavy atom. The number of carbonyl (C=O) groups is 1. The zero-order valence-electron chi connectivity index (χ0n) is 12.0. The molecule has 0 bridgehead atoms. The van der Waals surface area contributed by atoms with Crippen molar-refractivity contribution in [2.75, 3.05) is 33.2 Å². The highest BCUT2D eigenvalue weighted by Gasteiger charge is 2.22. The Morgan fingerprint density at radius 3 is 2.56 bits per heavy atom. The van der Waals surface area contributed by atoms with Gasteiger partial charge in [-0.2, -0.15) is 0 Å². The second-order valence-corrected chi connectivity index (χ2v) is 5.37. The third-order valence-corrected chi connectivity index (χ3v) is 3.88. The van der Waals surface area contributed by atoms with Gasteiger partial charge in [-0.05, 0) is 32.9 Å². The van der Waals surface area contributed by atoms with E-state index in [0.717, 1.165) is 32.5 Å². The van der Waals surface area contributed by atoms with Gasteiger partial charge in [-0.3, -0.25) is 4.79 Å². The monoisotopic (exact) mass is 255 g/mol. The molecule has 106 valence electrons. The first-order valence-electron chi connectivity index (χ1n) is 7.37. The summed E-state index contributed by atoms with van der Waals surface area (Å²) in [5, 5.41) is 0. The molecule has 4 nitrogen and oxygen atoms in total. The molecule has 0 aromatic carbocycles. The molecule has 0 spiro atoms. The molecule has 0 saturated carbocycles. The van der Waals surface area contributed by atoms with Gasteiger partial charge in [-0.15, -0.1) is 0 Å². The second-order valence-electron chi connectivity index (χ2n) is 5.37. The molecule has 1 heterocycles. The Balaban J connectivity index is 2.32. The van der Waals surface area contributed by atoms with E-state index >= 15 is 0 Å². The van der Waals surface area contributed by atoms with Gasteiger partial charge in [0.05, 0.1) is 0 Å². The van der Waals surface area contributed by atoms with Crippen LogP contribution in [0.3, 0.4) is 0 Å². The lowest BCUT2D eigenvalue weighted by Crippen LogP contribution is -2.42. The number of carbonyl (C=O) groups excluding carboxylic acids is 1. The summed E-state index contributed by atoms with van der Waals surface area (Å²) in [5.74, 6) is 0.283. The van der Waals surface area contributed by atoms with Crippen LogP contribution in [0.2, 0.25) is 0 Å². The van der Waals surface area contributed by atoms with Gasteiger partial charge in [-0.25, -0.2) is 0 Å². The van der Waals surface area contributed by atoms with Crippen LogP contribution in [0.1, 0.15) is 45.4 Å². The molecule has 4 heteroatoms. The Hall–Kier alpha value is -0.610. The van der Waals surface area contributed by atoms with Crippen molar-refractivity contribution in [2.24, 2.45) is 5.73 Å². The molecule has 1 rings (SSSR count). The number of rotatable bonds is 8. The molecule has 18 heavy (non-hydrogen) atoms. The summed E-state index contributed by atoms with van der Waals surface area (Å²) in [7, 11) is 2.09. The molecule has 2 N–H and O–H groups in total. The van der Waals surface area contributed by atoms with E-state index in [0.29, 0.717) is 13.0 Å². The van der Waals surface area contributed by atoms with Crippen LogP contribution in [0, 0.1) is 0 Å². The first kappa shape index (κ1) is 15.4. The highest BCUT2D eigenvalue weighted by molar-refractivity contribution is 5.77. The summed E-state index contributed by atoms with van der Waals surface area (Å²) >= 11 is 0. The number of amides is 1. The molecular formula is C14H29N3O. The highest BCUT2D eigenvalue weighted by Crippen LogP contribution is 2.12. The standard InChI is InChI=1S/C14H29N3O/c1-3-4-5-8-16(2)13(12-15)11-14(18)17-9-6-7-10-17/h13H,3-12,15H2,1-2H3. The summed E-state index contributed by atoms with van der Waals surface area (Å²) in [4.78, 5) is 16.3. The van der Waals surface area contributed by atoms with Gasteiger partial charge in [0.25, 0.3) is 0 Å². The van der Waals surface area contributed by atoms with Crippen molar-refractivity contribution < 1.29 is 4.79 Å². The minimum absolute atomic E-state index is 0.204. The maximum Gasteiger partial charge on any atom is 0.224 e. The maximum atomic E-state index is 12.1. The van der Waals surface area contributed by atoms with E-state index in [-0.39, 0.29) is 11.9 Å². The van der Waals surface area contributed by atoms with Crippen LogP contribution in [-0.2, 0) is 4.79 Å². The number of unbranched alkanes of at least 4 members (excludes halogenated alkanes) is 2. The fraction of sp³-hybridized carbons (Fsp3) is 0.929. The summed E-state index contributed by atoms with van der Waals surface area (Å²) in [5.41, 5.74) is 5.81. The molecule has 1 amide bonds. The largest absolute Gasteiger partial charge is 0.343 e. The van der Waals surface area contributed by atoms with Crippen LogP contribution in [0.25, 0.3) is 0 Å². The van der Waals surface area contributed by atoms with E-state index in [1.54, 1.807) is 0 Å². The van der Waals surface area contributed by atoms with Crippen molar-refractivity contribution in [1.82, 2.24) is 9.80 Å². The van der Waals surface area contributed by atoms with E-state index < -0.39 is 0 Å². The smallest absolute Gasteiger partial charge is 0.224 e. The normalized spacial score (nSPS) is 17.4. The lowest BCUT2D eigenvalue weighted by molar-refractivity contribution is -0.131. The average Bonchev–Trinajstić information content (AvgIpc) is 2.89. The summed E-state index contributed by atoms with van der Waals surface area (Å²) < 4.78 is 0. The van der Waals surface area contributed by atoms with E-state index in [2.05, 4.69) is 18.9 Å². The van der Waals surface area contributed by atoms with Crippen molar-refractivity contribution in [1.29, 1.82) is 0 Å². The third-order valence-electron chi connectivity index (χ3n) is 3.88. The zero-order chi connectivity index (χ0) is 13.4. The summed E-state index contributed by atoms with van der Waals surface area (Å²) in [6, 6.07) is 0.204. The first-order chi connectivity index (χ1) is 8.69. The first-order valence-corrected chi connectivity index (χ1v) is 7.37. The Morgan fingerprint density at radius 2 is 2.00 bits per heavy atom. The van der Waals surface area contributed by atoms with Gasteiger partial charge in [-0.1, -0.05) is 19.8 Å². The van der Waals surface area contributed by atoms with Crippen LogP contribution in [0.15, 0.2) is 0 Å². The average molecular weight is 255 g/mol. The zero-order valence-corrected chi connectivity index (χ0v) is 12.0. The predicted octanol–water partition coefficient (Wildman–Crippen LogP) is 1.45. The Bertz CT molecular complexity index is 239. The minimum atomic E-state index is 0.204. The predicted molar refractivity (Wildman–Crippen MR) is 75.4 cm³/mol. The molecule has 0 aromatic rings. The molecule has 1 saturated heterocycles. The van der Waals surface area contributed by atoms with E-state index in [4.69, 9.17) is 5.73 Å². The Labute approximate surface area is 111 Å². The molecular weight excluding hydrogens is 226 g/mol. The van der Waals surface area contributed by atoms with Crippen molar-refractivity contribution in [3.8, 4) is 0 Å². The number of nitrogens with zero attached hydrogens (tertiary/aromatic N) is 2. The van der Waals surface area contributed by atoms with Crippen LogP contribution >= 0.6 is 0 Å². The molecule has 1 atom stereocenters. The number of hydrogen-bond acceptors (Lipinski definition) is 3. The van der Waals surface area contributed by atoms with Crippen LogP contribution in [-0.4, -0.2) is 55.0 Å². The van der Waals surface area contributed by atoms with Gasteiger partial charge in [0.15, 0.2) is 0 Å². The number of likely N-dealkylation sites (tertiary alicyclic amines) is 1. The van der Waals surface area contributed by atoms with E-state index in [9.17, 15) is 4.79 Å². The maximum absolute atomic E-state index is 12.1. The van der Waals surface area contributed by atoms with Gasteiger partial charge >= 0.3 is 0 Å². The molecule has 1 unspecified atom stereocenters. The summed E-state index contributed by atoms with van der Waals surface area (Å²) in [6.07, 6.45) is 6.58. The second kappa shape index (κ2) is 8.48. The number of nitrogens with two attached hydrogens (primary N) is 1. The quantitative estimate of drug-likeness (QED) is 0.668. The van der Waals surface area contributed by atoms with Gasteiger partial charge in [0.2, 0.25) is 5.91 Å². The Kier molecular flexibility index (Phi) is 7.28. The number of hydrogen-bond donors (Lipinski definition) is 1. The molecule has 0 radical (unpaired) electrons. The lowest BCUT2D eigenvalue weighted by atomic mass is 10.1. The van der Waals surface area contributed by atoms with Gasteiger partial charge in [0.1, 0.15) is 0 Å². The van der Waals surface area contributed by atoms with Crippen molar-refractivity contribution in [3.05, 3.63) is 0 Å². The molecule has 1 fully saturated rings. The molecule has 0 aliphatic carbocycles. The van der Waals surface area contributed by atoms with Crippen LogP contribution in [0.5, 0.6) is 0 Å². The highest BCUT2D eigenvalue weighted by atomic mass is 16.2. The molecule has 1 aliphatic heterocycles. The summed E-state index contributed by atoms with van der Waals surface area (Å²) in [6.45, 7) is 5.70. The van der Waals surface area contributed by atoms with Crippen molar-refractivity contribution in [2.45, 2.75) is 51.5 Å². The van der Waals surface area contributed by atoms with Gasteiger partial charge in [0, 0.05) is 32.1 Å². The molecule has 0 aromatic heterocycles. The van der Waals surface area contributed by atoms with Crippen LogP contribution < -0.4 is 5.73 Å². The lowest BCUT2D eigenvalue weighted by Gasteiger charge is -2.28. The fourth-order valence-corrected chi connectivity index (χ4v) is 2.51. The topological polar surface area (TPSA) is 49.6 Å². The van der Waals surface area contributed by atoms with E-state index in [1.807, 2.05) is 4.90 Å². The number of likely N-dealkylation sites (N-methyl/N-ethyl adjacent to an activating group) is 1. The SMILES string of the molecule is CCCCCN(C)C(CN)CC(=O)N1CCCC1. The minimum Gasteiger partial charge on any atom is -0.343 e. The fourth-order valence-electron chi connectivity index (χ4n) is 2.51. The van der Waals surface area contributed by atoms with Crippen molar-refractivity contribution in [3.63, 3.8) is 0 Å². The van der Waals surface area contributed by atoms with Crippen molar-refractivity contribution >= 4 is 5.91 Å². The third kappa shape index (κ3) is 4.94. The van der Waals surface area contributed by atoms with Crippen LogP contribution in [0.4, 0.5) is 0 Å².